The van der Waals surface area contributed by atoms with Gasteiger partial charge in [-0.05, 0) is 33.3 Å². The molecule has 0 aromatic carbocycles. The van der Waals surface area contributed by atoms with E-state index in [1.165, 1.54) is 0 Å². The first-order valence-electron chi connectivity index (χ1n) is 8.05. The molecule has 2 aromatic heterocycles. The zero-order valence-corrected chi connectivity index (χ0v) is 14.6. The van der Waals surface area contributed by atoms with Crippen LogP contribution in [0.15, 0.2) is 17.6 Å². The summed E-state index contributed by atoms with van der Waals surface area (Å²) in [5.74, 6) is -0.135. The van der Waals surface area contributed by atoms with Gasteiger partial charge in [0.15, 0.2) is 5.69 Å². The van der Waals surface area contributed by atoms with Crippen molar-refractivity contribution in [3.05, 3.63) is 34.0 Å². The summed E-state index contributed by atoms with van der Waals surface area (Å²) in [6.45, 7) is 9.14. The Morgan fingerprint density at radius 2 is 2.17 bits per heavy atom. The quantitative estimate of drug-likeness (QED) is 0.933. The van der Waals surface area contributed by atoms with E-state index in [4.69, 9.17) is 0 Å². The second-order valence-electron chi connectivity index (χ2n) is 6.23. The standard InChI is InChI=1S/C16H23N5OS/c1-11(2)20-6-4-7-21-13(10-20)9-14(19-21)15(22)18-12(3)16-17-5-8-23-16/h5,8-9,11-12H,4,6-7,10H2,1-3H3,(H,18,22)/t12-/m1/s1. The lowest BCUT2D eigenvalue weighted by Crippen LogP contribution is -2.30. The molecular weight excluding hydrogens is 310 g/mol. The third kappa shape index (κ3) is 3.61. The van der Waals surface area contributed by atoms with Crippen molar-refractivity contribution in [2.24, 2.45) is 0 Å². The fourth-order valence-corrected chi connectivity index (χ4v) is 3.47. The molecule has 1 N–H and O–H groups in total. The smallest absolute Gasteiger partial charge is 0.272 e. The summed E-state index contributed by atoms with van der Waals surface area (Å²) in [7, 11) is 0. The molecule has 1 atom stereocenters. The number of hydrogen-bond donors (Lipinski definition) is 1. The summed E-state index contributed by atoms with van der Waals surface area (Å²) in [4.78, 5) is 19.1. The van der Waals surface area contributed by atoms with Crippen molar-refractivity contribution in [2.75, 3.05) is 6.54 Å². The third-order valence-corrected chi connectivity index (χ3v) is 5.13. The minimum Gasteiger partial charge on any atom is -0.342 e. The number of nitrogens with one attached hydrogen (secondary N) is 1. The van der Waals surface area contributed by atoms with Crippen molar-refractivity contribution in [1.29, 1.82) is 0 Å². The van der Waals surface area contributed by atoms with Gasteiger partial charge in [0.05, 0.1) is 11.7 Å². The van der Waals surface area contributed by atoms with Crippen molar-refractivity contribution < 1.29 is 4.79 Å². The normalized spacial score (nSPS) is 16.9. The van der Waals surface area contributed by atoms with Crippen LogP contribution < -0.4 is 5.32 Å². The van der Waals surface area contributed by atoms with Crippen LogP contribution in [0.2, 0.25) is 0 Å². The minimum absolute atomic E-state index is 0.101. The van der Waals surface area contributed by atoms with Gasteiger partial charge in [-0.25, -0.2) is 4.98 Å². The van der Waals surface area contributed by atoms with E-state index in [0.29, 0.717) is 11.7 Å². The van der Waals surface area contributed by atoms with Crippen molar-refractivity contribution >= 4 is 17.2 Å². The molecule has 23 heavy (non-hydrogen) atoms. The van der Waals surface area contributed by atoms with Gasteiger partial charge in [-0.2, -0.15) is 5.10 Å². The highest BCUT2D eigenvalue weighted by Gasteiger charge is 2.22. The summed E-state index contributed by atoms with van der Waals surface area (Å²) in [6.07, 6.45) is 2.81. The molecule has 7 heteroatoms. The van der Waals surface area contributed by atoms with Gasteiger partial charge < -0.3 is 5.32 Å². The van der Waals surface area contributed by atoms with E-state index in [1.807, 2.05) is 23.1 Å². The Kier molecular flexibility index (Phi) is 4.77. The molecule has 0 aliphatic carbocycles. The maximum absolute atomic E-state index is 12.4. The number of thiazole rings is 1. The van der Waals surface area contributed by atoms with Crippen LogP contribution in [0.25, 0.3) is 0 Å². The molecule has 0 saturated heterocycles. The number of carbonyl (C=O) groups is 1. The van der Waals surface area contributed by atoms with Crippen LogP contribution in [0.1, 0.15) is 54.4 Å². The number of aryl methyl sites for hydroxylation is 1. The number of amides is 1. The Hall–Kier alpha value is -1.73. The molecular formula is C16H23N5OS. The largest absolute Gasteiger partial charge is 0.342 e. The average Bonchev–Trinajstić information content (AvgIpc) is 3.13. The lowest BCUT2D eigenvalue weighted by molar-refractivity contribution is 0.0934. The average molecular weight is 333 g/mol. The summed E-state index contributed by atoms with van der Waals surface area (Å²) in [5.41, 5.74) is 1.61. The van der Waals surface area contributed by atoms with Crippen molar-refractivity contribution in [1.82, 2.24) is 25.0 Å². The van der Waals surface area contributed by atoms with E-state index in [9.17, 15) is 4.79 Å². The first kappa shape index (κ1) is 16.1. The second-order valence-corrected chi connectivity index (χ2v) is 7.15. The Morgan fingerprint density at radius 1 is 1.35 bits per heavy atom. The predicted molar refractivity (Wildman–Crippen MR) is 90.4 cm³/mol. The van der Waals surface area contributed by atoms with Crippen molar-refractivity contribution in [3.63, 3.8) is 0 Å². The summed E-state index contributed by atoms with van der Waals surface area (Å²) in [6, 6.07) is 2.32. The minimum atomic E-state index is -0.135. The van der Waals surface area contributed by atoms with Gasteiger partial charge >= 0.3 is 0 Å². The van der Waals surface area contributed by atoms with Gasteiger partial charge in [0, 0.05) is 37.3 Å². The number of aromatic nitrogens is 3. The van der Waals surface area contributed by atoms with Gasteiger partial charge in [0.25, 0.3) is 5.91 Å². The molecule has 0 fully saturated rings. The molecule has 124 valence electrons. The van der Waals surface area contributed by atoms with E-state index < -0.39 is 0 Å². The number of rotatable bonds is 4. The first-order chi connectivity index (χ1) is 11.0. The topological polar surface area (TPSA) is 63.1 Å². The molecule has 3 rings (SSSR count). The SMILES string of the molecule is CC(C)N1CCCn2nc(C(=O)N[C@H](C)c3nccs3)cc2C1. The van der Waals surface area contributed by atoms with Gasteiger partial charge in [-0.3, -0.25) is 14.4 Å². The van der Waals surface area contributed by atoms with Gasteiger partial charge in [0.1, 0.15) is 5.01 Å². The van der Waals surface area contributed by atoms with Crippen LogP contribution in [0.3, 0.4) is 0 Å². The summed E-state index contributed by atoms with van der Waals surface area (Å²) < 4.78 is 1.98. The van der Waals surface area contributed by atoms with Crippen LogP contribution in [0, 0.1) is 0 Å². The van der Waals surface area contributed by atoms with Gasteiger partial charge in [0.2, 0.25) is 0 Å². The predicted octanol–water partition coefficient (Wildman–Crippen LogP) is 2.44. The van der Waals surface area contributed by atoms with Crippen LogP contribution in [-0.2, 0) is 13.1 Å². The highest BCUT2D eigenvalue weighted by atomic mass is 32.1. The molecule has 1 amide bonds. The molecule has 2 aromatic rings. The molecule has 1 aliphatic heterocycles. The van der Waals surface area contributed by atoms with Crippen LogP contribution >= 0.6 is 11.3 Å². The summed E-state index contributed by atoms with van der Waals surface area (Å²) >= 11 is 1.54. The molecule has 0 saturated carbocycles. The zero-order chi connectivity index (χ0) is 16.4. The van der Waals surface area contributed by atoms with E-state index in [0.717, 1.165) is 36.8 Å². The van der Waals surface area contributed by atoms with Crippen molar-refractivity contribution in [2.45, 2.75) is 52.4 Å². The van der Waals surface area contributed by atoms with Crippen LogP contribution in [0.5, 0.6) is 0 Å². The van der Waals surface area contributed by atoms with Crippen LogP contribution in [0.4, 0.5) is 0 Å². The maximum Gasteiger partial charge on any atom is 0.272 e. The molecule has 3 heterocycles. The number of nitrogens with zero attached hydrogens (tertiary/aromatic N) is 4. The number of carbonyl (C=O) groups excluding carboxylic acids is 1. The molecule has 0 radical (unpaired) electrons. The lowest BCUT2D eigenvalue weighted by atomic mass is 10.2. The fourth-order valence-electron chi connectivity index (χ4n) is 2.82. The van der Waals surface area contributed by atoms with Gasteiger partial charge in [-0.15, -0.1) is 11.3 Å². The van der Waals surface area contributed by atoms with E-state index in [1.54, 1.807) is 17.5 Å². The van der Waals surface area contributed by atoms with Crippen LogP contribution in [-0.4, -0.2) is 38.2 Å². The van der Waals surface area contributed by atoms with Crippen molar-refractivity contribution in [3.8, 4) is 0 Å². The zero-order valence-electron chi connectivity index (χ0n) is 13.8. The molecule has 0 unspecified atom stereocenters. The third-order valence-electron chi connectivity index (χ3n) is 4.18. The molecule has 0 bridgehead atoms. The fraction of sp³-hybridized carbons (Fsp3) is 0.562. The number of hydrogen-bond acceptors (Lipinski definition) is 5. The maximum atomic E-state index is 12.4. The summed E-state index contributed by atoms with van der Waals surface area (Å²) in [5, 5.41) is 10.3. The monoisotopic (exact) mass is 333 g/mol. The Balaban J connectivity index is 1.72. The first-order valence-corrected chi connectivity index (χ1v) is 8.93. The highest BCUT2D eigenvalue weighted by Crippen LogP contribution is 2.18. The highest BCUT2D eigenvalue weighted by molar-refractivity contribution is 7.09. The Bertz CT molecular complexity index is 664. The van der Waals surface area contributed by atoms with E-state index >= 15 is 0 Å². The van der Waals surface area contributed by atoms with Gasteiger partial charge in [-0.1, -0.05) is 0 Å². The number of fused-ring (bicyclic) bond motifs is 1. The van der Waals surface area contributed by atoms with E-state index in [2.05, 4.69) is 34.1 Å². The molecule has 6 nitrogen and oxygen atoms in total. The van der Waals surface area contributed by atoms with E-state index in [-0.39, 0.29) is 11.9 Å². The Morgan fingerprint density at radius 3 is 2.87 bits per heavy atom. The second kappa shape index (κ2) is 6.80. The molecule has 1 aliphatic rings. The Labute approximate surface area is 140 Å². The molecule has 0 spiro atoms. The lowest BCUT2D eigenvalue weighted by Gasteiger charge is -2.23.